The molecule has 0 saturated carbocycles. The van der Waals surface area contributed by atoms with E-state index in [1.807, 2.05) is 20.8 Å². The summed E-state index contributed by atoms with van der Waals surface area (Å²) in [6.45, 7) is 8.85. The Morgan fingerprint density at radius 2 is 1.62 bits per heavy atom. The Morgan fingerprint density at radius 3 is 2.19 bits per heavy atom. The molecular formula is C18H32F3N3O2. The minimum Gasteiger partial charge on any atom is -0.444 e. The van der Waals surface area contributed by atoms with Crippen LogP contribution in [0.25, 0.3) is 0 Å². The molecule has 2 rings (SSSR count). The van der Waals surface area contributed by atoms with Crippen molar-refractivity contribution in [2.75, 3.05) is 45.8 Å². The molecule has 0 aliphatic carbocycles. The van der Waals surface area contributed by atoms with Crippen LogP contribution in [0.4, 0.5) is 18.0 Å². The Labute approximate surface area is 154 Å². The fourth-order valence-corrected chi connectivity index (χ4v) is 3.61. The van der Waals surface area contributed by atoms with Gasteiger partial charge in [0.05, 0.1) is 6.54 Å². The van der Waals surface area contributed by atoms with Gasteiger partial charge in [-0.25, -0.2) is 4.79 Å². The van der Waals surface area contributed by atoms with Crippen LogP contribution in [-0.4, -0.2) is 73.5 Å². The number of alkyl halides is 3. The molecule has 1 N–H and O–H groups in total. The normalized spacial score (nSPS) is 23.5. The van der Waals surface area contributed by atoms with Crippen molar-refractivity contribution in [1.82, 2.24) is 15.1 Å². The van der Waals surface area contributed by atoms with Crippen LogP contribution in [0, 0.1) is 11.8 Å². The van der Waals surface area contributed by atoms with Crippen molar-refractivity contribution in [1.29, 1.82) is 0 Å². The van der Waals surface area contributed by atoms with Crippen molar-refractivity contribution in [2.45, 2.75) is 51.8 Å². The van der Waals surface area contributed by atoms with Crippen molar-refractivity contribution in [3.8, 4) is 0 Å². The first-order valence-electron chi connectivity index (χ1n) is 9.49. The minimum atomic E-state index is -4.11. The van der Waals surface area contributed by atoms with Crippen LogP contribution in [0.2, 0.25) is 0 Å². The van der Waals surface area contributed by atoms with E-state index in [-0.39, 0.29) is 6.09 Å². The van der Waals surface area contributed by atoms with Crippen LogP contribution in [0.15, 0.2) is 0 Å². The van der Waals surface area contributed by atoms with E-state index in [0.29, 0.717) is 38.0 Å². The average Bonchev–Trinajstić information content (AvgIpc) is 2.91. The number of nitrogens with zero attached hydrogens (tertiary/aromatic N) is 2. The molecule has 0 spiro atoms. The number of halogens is 3. The third-order valence-corrected chi connectivity index (χ3v) is 4.91. The second-order valence-electron chi connectivity index (χ2n) is 8.57. The number of ether oxygens (including phenoxy) is 1. The number of hydrogen-bond donors (Lipinski definition) is 1. The highest BCUT2D eigenvalue weighted by molar-refractivity contribution is 5.68. The highest BCUT2D eigenvalue weighted by Crippen LogP contribution is 2.23. The fourth-order valence-electron chi connectivity index (χ4n) is 3.61. The molecule has 0 aromatic heterocycles. The molecule has 26 heavy (non-hydrogen) atoms. The molecule has 0 aromatic carbocycles. The van der Waals surface area contributed by atoms with Crippen LogP contribution in [0.5, 0.6) is 0 Å². The third-order valence-electron chi connectivity index (χ3n) is 4.91. The zero-order chi connectivity index (χ0) is 19.4. The number of amides is 1. The number of carbonyl (C=O) groups is 1. The molecule has 2 saturated heterocycles. The number of piperidine rings is 1. The van der Waals surface area contributed by atoms with Crippen molar-refractivity contribution in [2.24, 2.45) is 11.8 Å². The summed E-state index contributed by atoms with van der Waals surface area (Å²) < 4.78 is 42.6. The quantitative estimate of drug-likeness (QED) is 0.797. The molecule has 0 bridgehead atoms. The van der Waals surface area contributed by atoms with E-state index in [9.17, 15) is 18.0 Å². The second-order valence-corrected chi connectivity index (χ2v) is 8.57. The van der Waals surface area contributed by atoms with Crippen molar-refractivity contribution in [3.05, 3.63) is 0 Å². The molecule has 1 atom stereocenters. The number of carbonyl (C=O) groups excluding carboxylic acids is 1. The van der Waals surface area contributed by atoms with Gasteiger partial charge >= 0.3 is 12.3 Å². The third kappa shape index (κ3) is 7.70. The van der Waals surface area contributed by atoms with Crippen LogP contribution < -0.4 is 5.32 Å². The predicted octanol–water partition coefficient (Wildman–Crippen LogP) is 3.11. The summed E-state index contributed by atoms with van der Waals surface area (Å²) in [5, 5.41) is 3.42. The molecule has 0 radical (unpaired) electrons. The lowest BCUT2D eigenvalue weighted by Gasteiger charge is -2.33. The van der Waals surface area contributed by atoms with E-state index < -0.39 is 18.3 Å². The Hall–Kier alpha value is -1.02. The first-order valence-corrected chi connectivity index (χ1v) is 9.49. The molecule has 152 valence electrons. The molecule has 8 heteroatoms. The van der Waals surface area contributed by atoms with Gasteiger partial charge in [-0.2, -0.15) is 13.2 Å². The van der Waals surface area contributed by atoms with Gasteiger partial charge in [0.15, 0.2) is 0 Å². The fraction of sp³-hybridized carbons (Fsp3) is 0.944. The highest BCUT2D eigenvalue weighted by Gasteiger charge is 2.34. The smallest absolute Gasteiger partial charge is 0.410 e. The second kappa shape index (κ2) is 8.78. The number of hydrogen-bond acceptors (Lipinski definition) is 4. The van der Waals surface area contributed by atoms with Crippen LogP contribution in [-0.2, 0) is 4.74 Å². The lowest BCUT2D eigenvalue weighted by molar-refractivity contribution is -0.143. The van der Waals surface area contributed by atoms with E-state index in [4.69, 9.17) is 4.74 Å². The Morgan fingerprint density at radius 1 is 1.04 bits per heavy atom. The number of likely N-dealkylation sites (tertiary alicyclic amines) is 2. The Balaban J connectivity index is 1.59. The van der Waals surface area contributed by atoms with Crippen LogP contribution in [0.3, 0.4) is 0 Å². The molecule has 2 aliphatic heterocycles. The summed E-state index contributed by atoms with van der Waals surface area (Å²) in [5.74, 6) is 0.792. The molecule has 5 nitrogen and oxygen atoms in total. The zero-order valence-electron chi connectivity index (χ0n) is 16.1. The largest absolute Gasteiger partial charge is 0.444 e. The van der Waals surface area contributed by atoms with E-state index in [1.54, 1.807) is 4.90 Å². The maximum Gasteiger partial charge on any atom is 0.410 e. The molecule has 2 heterocycles. The van der Waals surface area contributed by atoms with Gasteiger partial charge < -0.3 is 15.0 Å². The van der Waals surface area contributed by atoms with Gasteiger partial charge in [0, 0.05) is 19.6 Å². The van der Waals surface area contributed by atoms with Crippen molar-refractivity contribution < 1.29 is 22.7 Å². The zero-order valence-corrected chi connectivity index (χ0v) is 16.1. The van der Waals surface area contributed by atoms with E-state index >= 15 is 0 Å². The highest BCUT2D eigenvalue weighted by atomic mass is 19.4. The summed E-state index contributed by atoms with van der Waals surface area (Å²) in [5.41, 5.74) is -0.475. The monoisotopic (exact) mass is 379 g/mol. The molecule has 1 amide bonds. The van der Waals surface area contributed by atoms with Gasteiger partial charge in [-0.15, -0.1) is 0 Å². The molecule has 0 aromatic rings. The summed E-state index contributed by atoms with van der Waals surface area (Å²) in [7, 11) is 0. The summed E-state index contributed by atoms with van der Waals surface area (Å²) >= 11 is 0. The molecule has 2 aliphatic rings. The van der Waals surface area contributed by atoms with Gasteiger partial charge in [-0.05, 0) is 71.5 Å². The van der Waals surface area contributed by atoms with Crippen molar-refractivity contribution in [3.63, 3.8) is 0 Å². The summed E-state index contributed by atoms with van der Waals surface area (Å²) in [6, 6.07) is 0. The maximum absolute atomic E-state index is 12.4. The first-order chi connectivity index (χ1) is 12.0. The van der Waals surface area contributed by atoms with Gasteiger partial charge in [0.25, 0.3) is 0 Å². The summed E-state index contributed by atoms with van der Waals surface area (Å²) in [6.07, 6.45) is -1.68. The van der Waals surface area contributed by atoms with Gasteiger partial charge in [-0.1, -0.05) is 0 Å². The molecule has 2 fully saturated rings. The predicted molar refractivity (Wildman–Crippen MR) is 94.0 cm³/mol. The van der Waals surface area contributed by atoms with Gasteiger partial charge in [0.2, 0.25) is 0 Å². The SMILES string of the molecule is CC(C)(C)OC(=O)N1CCC(CNC[C@H]2CCN(CC(F)(F)F)C2)CC1. The standard InChI is InChI=1S/C18H32F3N3O2/c1-17(2,3)26-16(25)24-8-5-14(6-9-24)10-22-11-15-4-7-23(12-15)13-18(19,20)21/h14-15,22H,4-13H2,1-3H3/t15-/m1/s1. The van der Waals surface area contributed by atoms with E-state index in [2.05, 4.69) is 5.32 Å². The first kappa shape index (κ1) is 21.3. The lowest BCUT2D eigenvalue weighted by Crippen LogP contribution is -2.43. The van der Waals surface area contributed by atoms with Crippen LogP contribution in [0.1, 0.15) is 40.0 Å². The van der Waals surface area contributed by atoms with E-state index in [0.717, 1.165) is 32.4 Å². The molecule has 0 unspecified atom stereocenters. The number of rotatable bonds is 5. The summed E-state index contributed by atoms with van der Waals surface area (Å²) in [4.78, 5) is 15.3. The molecular weight excluding hydrogens is 347 g/mol. The van der Waals surface area contributed by atoms with Crippen molar-refractivity contribution >= 4 is 6.09 Å². The lowest BCUT2D eigenvalue weighted by atomic mass is 9.96. The van der Waals surface area contributed by atoms with Gasteiger partial charge in [0.1, 0.15) is 5.60 Å². The average molecular weight is 379 g/mol. The minimum absolute atomic E-state index is 0.250. The maximum atomic E-state index is 12.4. The Kier molecular flexibility index (Phi) is 7.19. The van der Waals surface area contributed by atoms with Gasteiger partial charge in [-0.3, -0.25) is 4.90 Å². The number of nitrogens with one attached hydrogen (secondary N) is 1. The van der Waals surface area contributed by atoms with Crippen LogP contribution >= 0.6 is 0 Å². The van der Waals surface area contributed by atoms with E-state index in [1.165, 1.54) is 4.90 Å². The Bertz CT molecular complexity index is 458. The topological polar surface area (TPSA) is 44.8 Å².